The number of likely N-dealkylation sites (tertiary alicyclic amines) is 1. The third-order valence-corrected chi connectivity index (χ3v) is 4.41. The number of hydrogen-bond acceptors (Lipinski definition) is 9. The molecule has 3 rings (SSSR count). The Balaban J connectivity index is 1.67. The lowest BCUT2D eigenvalue weighted by molar-refractivity contribution is -0.135. The van der Waals surface area contributed by atoms with Crippen molar-refractivity contribution in [2.45, 2.75) is 12.8 Å². The number of amides is 1. The summed E-state index contributed by atoms with van der Waals surface area (Å²) < 4.78 is 5.48. The maximum atomic E-state index is 12.2. The van der Waals surface area contributed by atoms with Gasteiger partial charge in [-0.2, -0.15) is 0 Å². The van der Waals surface area contributed by atoms with Crippen LogP contribution in [-0.2, 0) is 9.59 Å². The van der Waals surface area contributed by atoms with Crippen LogP contribution in [0.3, 0.4) is 0 Å². The van der Waals surface area contributed by atoms with Gasteiger partial charge in [-0.25, -0.2) is 4.98 Å². The standard InChI is InChI=1S/C20H25N7O3/c1-22-12-18(28)23-17-9-8-15(20(21)24-17)26-25-14-6-2-3-7-16(14)30-19(29)13-27-10-4-5-11-27/h2-3,6-9,22H,4-5,10-13H2,1H3,(H3,21,23,24,28). The molecule has 1 fully saturated rings. The van der Waals surface area contributed by atoms with Gasteiger partial charge >= 0.3 is 5.97 Å². The number of esters is 1. The third kappa shape index (κ3) is 6.06. The number of likely N-dealkylation sites (N-methyl/N-ethyl adjacent to an activating group) is 1. The summed E-state index contributed by atoms with van der Waals surface area (Å²) in [5.74, 6) is 0.200. The van der Waals surface area contributed by atoms with E-state index in [1.807, 2.05) is 0 Å². The molecule has 1 saturated heterocycles. The number of azo groups is 1. The van der Waals surface area contributed by atoms with Gasteiger partial charge < -0.3 is 21.1 Å². The topological polar surface area (TPSA) is 134 Å². The molecule has 0 aliphatic carbocycles. The molecule has 2 heterocycles. The minimum Gasteiger partial charge on any atom is -0.423 e. The summed E-state index contributed by atoms with van der Waals surface area (Å²) in [6.45, 7) is 2.24. The molecule has 30 heavy (non-hydrogen) atoms. The first-order valence-corrected chi connectivity index (χ1v) is 9.70. The average molecular weight is 411 g/mol. The molecule has 10 heteroatoms. The molecule has 0 spiro atoms. The fraction of sp³-hybridized carbons (Fsp3) is 0.350. The highest BCUT2D eigenvalue weighted by atomic mass is 16.5. The molecule has 0 atom stereocenters. The number of carbonyl (C=O) groups excluding carboxylic acids is 2. The van der Waals surface area contributed by atoms with Crippen molar-refractivity contribution in [2.75, 3.05) is 44.3 Å². The number of carbonyl (C=O) groups is 2. The molecule has 1 aromatic heterocycles. The quantitative estimate of drug-likeness (QED) is 0.344. The maximum absolute atomic E-state index is 12.2. The van der Waals surface area contributed by atoms with Crippen molar-refractivity contribution in [1.82, 2.24) is 15.2 Å². The largest absolute Gasteiger partial charge is 0.423 e. The first-order valence-electron chi connectivity index (χ1n) is 9.70. The Kier molecular flexibility index (Phi) is 7.41. The maximum Gasteiger partial charge on any atom is 0.325 e. The number of pyridine rings is 1. The van der Waals surface area contributed by atoms with Crippen molar-refractivity contribution in [3.63, 3.8) is 0 Å². The first-order chi connectivity index (χ1) is 14.5. The van der Waals surface area contributed by atoms with Crippen LogP contribution in [0.15, 0.2) is 46.6 Å². The van der Waals surface area contributed by atoms with Gasteiger partial charge in [0.25, 0.3) is 0 Å². The number of nitrogens with two attached hydrogens (primary N) is 1. The predicted molar refractivity (Wildman–Crippen MR) is 113 cm³/mol. The Labute approximate surface area is 174 Å². The summed E-state index contributed by atoms with van der Waals surface area (Å²) in [7, 11) is 1.67. The van der Waals surface area contributed by atoms with Crippen molar-refractivity contribution < 1.29 is 14.3 Å². The molecule has 0 radical (unpaired) electrons. The van der Waals surface area contributed by atoms with E-state index < -0.39 is 0 Å². The van der Waals surface area contributed by atoms with Crippen LogP contribution in [0.25, 0.3) is 0 Å². The lowest BCUT2D eigenvalue weighted by atomic mass is 10.3. The van der Waals surface area contributed by atoms with E-state index in [1.54, 1.807) is 43.4 Å². The number of anilines is 2. The molecule has 0 saturated carbocycles. The number of nitrogen functional groups attached to an aromatic ring is 1. The lowest BCUT2D eigenvalue weighted by Gasteiger charge is -2.13. The van der Waals surface area contributed by atoms with Gasteiger partial charge in [0, 0.05) is 0 Å². The smallest absolute Gasteiger partial charge is 0.325 e. The highest BCUT2D eigenvalue weighted by Gasteiger charge is 2.17. The monoisotopic (exact) mass is 411 g/mol. The van der Waals surface area contributed by atoms with E-state index in [2.05, 4.69) is 30.7 Å². The van der Waals surface area contributed by atoms with Crippen LogP contribution < -0.4 is 21.1 Å². The minimum atomic E-state index is -0.331. The number of benzene rings is 1. The molecule has 1 aliphatic heterocycles. The third-order valence-electron chi connectivity index (χ3n) is 4.41. The molecule has 2 aromatic rings. The number of nitrogens with zero attached hydrogens (tertiary/aromatic N) is 4. The first kappa shape index (κ1) is 21.3. The normalized spacial score (nSPS) is 14.2. The number of rotatable bonds is 8. The van der Waals surface area contributed by atoms with Gasteiger partial charge in [0.1, 0.15) is 17.2 Å². The van der Waals surface area contributed by atoms with E-state index in [0.29, 0.717) is 22.9 Å². The second-order valence-electron chi connectivity index (χ2n) is 6.80. The van der Waals surface area contributed by atoms with Gasteiger partial charge in [-0.05, 0) is 57.2 Å². The van der Waals surface area contributed by atoms with Gasteiger partial charge in [-0.1, -0.05) is 12.1 Å². The Hall–Kier alpha value is -3.37. The Bertz CT molecular complexity index is 926. The summed E-state index contributed by atoms with van der Waals surface area (Å²) in [6, 6.07) is 10.1. The highest BCUT2D eigenvalue weighted by Crippen LogP contribution is 2.30. The van der Waals surface area contributed by atoms with E-state index in [4.69, 9.17) is 10.5 Å². The van der Waals surface area contributed by atoms with E-state index >= 15 is 0 Å². The molecular weight excluding hydrogens is 386 g/mol. The Morgan fingerprint density at radius 3 is 2.60 bits per heavy atom. The predicted octanol–water partition coefficient (Wildman–Crippen LogP) is 2.24. The van der Waals surface area contributed by atoms with E-state index in [-0.39, 0.29) is 30.8 Å². The fourth-order valence-electron chi connectivity index (χ4n) is 2.98. The second-order valence-corrected chi connectivity index (χ2v) is 6.80. The van der Waals surface area contributed by atoms with Gasteiger partial charge in [-0.15, -0.1) is 10.2 Å². The number of ether oxygens (including phenoxy) is 1. The van der Waals surface area contributed by atoms with Crippen LogP contribution in [0.2, 0.25) is 0 Å². The average Bonchev–Trinajstić information content (AvgIpc) is 3.21. The van der Waals surface area contributed by atoms with Gasteiger partial charge in [0.2, 0.25) is 5.91 Å². The zero-order chi connectivity index (χ0) is 21.3. The second kappa shape index (κ2) is 10.4. The molecule has 1 aliphatic rings. The van der Waals surface area contributed by atoms with Crippen LogP contribution in [0.5, 0.6) is 5.75 Å². The SMILES string of the molecule is CNCC(=O)Nc1ccc(N=Nc2ccccc2OC(=O)CN2CCCC2)c(N)n1. The molecule has 1 amide bonds. The Morgan fingerprint density at radius 1 is 1.13 bits per heavy atom. The summed E-state index contributed by atoms with van der Waals surface area (Å²) in [4.78, 5) is 30.0. The van der Waals surface area contributed by atoms with Gasteiger partial charge in [-0.3, -0.25) is 14.5 Å². The van der Waals surface area contributed by atoms with Crippen LogP contribution in [0, 0.1) is 0 Å². The van der Waals surface area contributed by atoms with Crippen LogP contribution in [0.1, 0.15) is 12.8 Å². The van der Waals surface area contributed by atoms with Crippen molar-refractivity contribution in [2.24, 2.45) is 10.2 Å². The van der Waals surface area contributed by atoms with Crippen LogP contribution in [-0.4, -0.2) is 55.0 Å². The molecule has 0 bridgehead atoms. The minimum absolute atomic E-state index is 0.115. The molecule has 0 unspecified atom stereocenters. The summed E-state index contributed by atoms with van der Waals surface area (Å²) >= 11 is 0. The van der Waals surface area contributed by atoms with Gasteiger partial charge in [0.05, 0.1) is 13.1 Å². The number of para-hydroxylation sites is 1. The molecule has 158 valence electrons. The fourth-order valence-corrected chi connectivity index (χ4v) is 2.98. The molecule has 10 nitrogen and oxygen atoms in total. The zero-order valence-electron chi connectivity index (χ0n) is 16.8. The van der Waals surface area contributed by atoms with Crippen molar-refractivity contribution in [3.8, 4) is 5.75 Å². The summed E-state index contributed by atoms with van der Waals surface area (Å²) in [5, 5.41) is 13.6. The van der Waals surface area contributed by atoms with Crippen LogP contribution >= 0.6 is 0 Å². The summed E-state index contributed by atoms with van der Waals surface area (Å²) in [6.07, 6.45) is 2.21. The Morgan fingerprint density at radius 2 is 1.87 bits per heavy atom. The molecular formula is C20H25N7O3. The zero-order valence-corrected chi connectivity index (χ0v) is 16.8. The van der Waals surface area contributed by atoms with Crippen molar-refractivity contribution in [3.05, 3.63) is 36.4 Å². The van der Waals surface area contributed by atoms with E-state index in [0.717, 1.165) is 25.9 Å². The van der Waals surface area contributed by atoms with E-state index in [1.165, 1.54) is 0 Å². The van der Waals surface area contributed by atoms with Crippen LogP contribution in [0.4, 0.5) is 23.0 Å². The van der Waals surface area contributed by atoms with Crippen molar-refractivity contribution >= 4 is 34.9 Å². The number of nitrogens with one attached hydrogen (secondary N) is 2. The van der Waals surface area contributed by atoms with Gasteiger partial charge in [0.15, 0.2) is 11.6 Å². The molecule has 1 aromatic carbocycles. The number of aromatic nitrogens is 1. The summed E-state index contributed by atoms with van der Waals surface area (Å²) in [5.41, 5.74) is 6.66. The van der Waals surface area contributed by atoms with E-state index in [9.17, 15) is 9.59 Å². The number of hydrogen-bond donors (Lipinski definition) is 3. The van der Waals surface area contributed by atoms with Crippen molar-refractivity contribution in [1.29, 1.82) is 0 Å². The highest BCUT2D eigenvalue weighted by molar-refractivity contribution is 5.91. The lowest BCUT2D eigenvalue weighted by Crippen LogP contribution is -2.29. The molecule has 4 N–H and O–H groups in total.